The maximum atomic E-state index is 12.6. The molecule has 2 heterocycles. The summed E-state index contributed by atoms with van der Waals surface area (Å²) in [5, 5.41) is 13.2. The van der Waals surface area contributed by atoms with Crippen LogP contribution in [0.2, 0.25) is 0 Å². The zero-order valence-corrected chi connectivity index (χ0v) is 16.0. The lowest BCUT2D eigenvalue weighted by Crippen LogP contribution is -2.48. The molecule has 1 atom stereocenters. The number of nitrogens with zero attached hydrogens (tertiary/aromatic N) is 3. The van der Waals surface area contributed by atoms with E-state index in [0.29, 0.717) is 5.56 Å². The van der Waals surface area contributed by atoms with E-state index in [1.54, 1.807) is 24.0 Å². The Hall–Kier alpha value is -2.71. The van der Waals surface area contributed by atoms with Crippen molar-refractivity contribution in [2.24, 2.45) is 7.05 Å². The molecule has 0 aliphatic carbocycles. The number of hydrogen-bond acceptors (Lipinski definition) is 5. The Morgan fingerprint density at radius 3 is 2.89 bits per heavy atom. The maximum absolute atomic E-state index is 12.6. The number of carbonyl (C=O) groups excluding carboxylic acids is 2. The average molecular weight is 370 g/mol. The number of aryl methyl sites for hydroxylation is 2. The van der Waals surface area contributed by atoms with Gasteiger partial charge in [-0.25, -0.2) is 0 Å². The van der Waals surface area contributed by atoms with Gasteiger partial charge >= 0.3 is 0 Å². The number of carbonyl (C=O) groups is 2. The number of rotatable bonds is 5. The molecular formula is C19H26N6O2. The molecule has 0 bridgehead atoms. The van der Waals surface area contributed by atoms with Gasteiger partial charge in [0, 0.05) is 51.5 Å². The van der Waals surface area contributed by atoms with Crippen LogP contribution in [0.5, 0.6) is 0 Å². The van der Waals surface area contributed by atoms with E-state index in [4.69, 9.17) is 0 Å². The minimum Gasteiger partial charge on any atom is -0.355 e. The Balaban J connectivity index is 1.73. The van der Waals surface area contributed by atoms with Gasteiger partial charge in [-0.3, -0.25) is 19.2 Å². The van der Waals surface area contributed by atoms with Crippen LogP contribution < -0.4 is 16.0 Å². The number of aromatic nitrogens is 2. The molecule has 2 aromatic rings. The zero-order chi connectivity index (χ0) is 19.4. The average Bonchev–Trinajstić information content (AvgIpc) is 2.98. The van der Waals surface area contributed by atoms with Gasteiger partial charge in [0.2, 0.25) is 5.91 Å². The summed E-state index contributed by atoms with van der Waals surface area (Å²) in [6.07, 6.45) is 1.80. The standard InChI is InChI=1S/C19H26N6O2/c1-13-16(11-24(3)23-13)22-18(26)12-25-8-7-21-10-17(25)14-5-4-6-15(9-14)19(27)20-2/h4-6,9,11,17,21H,7-8,10,12H2,1-3H3,(H,20,27)(H,22,26)/t17-/m0/s1. The van der Waals surface area contributed by atoms with Crippen molar-refractivity contribution in [1.29, 1.82) is 0 Å². The van der Waals surface area contributed by atoms with Gasteiger partial charge in [-0.05, 0) is 24.6 Å². The SMILES string of the molecule is CNC(=O)c1cccc([C@@H]2CNCCN2CC(=O)Nc2cn(C)nc2C)c1. The van der Waals surface area contributed by atoms with E-state index in [-0.39, 0.29) is 24.4 Å². The Morgan fingerprint density at radius 2 is 2.19 bits per heavy atom. The summed E-state index contributed by atoms with van der Waals surface area (Å²) >= 11 is 0. The molecule has 0 spiro atoms. The van der Waals surface area contributed by atoms with Gasteiger partial charge in [-0.1, -0.05) is 12.1 Å². The third-order valence-electron chi connectivity index (χ3n) is 4.75. The quantitative estimate of drug-likeness (QED) is 0.720. The molecule has 8 heteroatoms. The van der Waals surface area contributed by atoms with Crippen molar-refractivity contribution in [1.82, 2.24) is 25.3 Å². The predicted octanol–water partition coefficient (Wildman–Crippen LogP) is 0.673. The van der Waals surface area contributed by atoms with Crippen molar-refractivity contribution < 1.29 is 9.59 Å². The van der Waals surface area contributed by atoms with Crippen LogP contribution in [0, 0.1) is 6.92 Å². The molecule has 1 aromatic carbocycles. The minimum atomic E-state index is -0.114. The van der Waals surface area contributed by atoms with Crippen LogP contribution in [0.15, 0.2) is 30.5 Å². The molecule has 1 aliphatic rings. The molecule has 1 fully saturated rings. The summed E-state index contributed by atoms with van der Waals surface area (Å²) in [4.78, 5) is 26.6. The highest BCUT2D eigenvalue weighted by Crippen LogP contribution is 2.23. The van der Waals surface area contributed by atoms with Crippen molar-refractivity contribution in [3.05, 3.63) is 47.3 Å². The van der Waals surface area contributed by atoms with E-state index in [1.807, 2.05) is 32.2 Å². The van der Waals surface area contributed by atoms with Gasteiger partial charge in [-0.15, -0.1) is 0 Å². The van der Waals surface area contributed by atoms with Gasteiger partial charge in [0.15, 0.2) is 0 Å². The number of hydrogen-bond donors (Lipinski definition) is 3. The maximum Gasteiger partial charge on any atom is 0.251 e. The highest BCUT2D eigenvalue weighted by Gasteiger charge is 2.26. The van der Waals surface area contributed by atoms with E-state index in [1.165, 1.54) is 0 Å². The number of benzene rings is 1. The first-order chi connectivity index (χ1) is 13.0. The first kappa shape index (κ1) is 19.1. The van der Waals surface area contributed by atoms with Crippen molar-refractivity contribution in [2.75, 3.05) is 38.5 Å². The van der Waals surface area contributed by atoms with E-state index in [9.17, 15) is 9.59 Å². The normalized spacial score (nSPS) is 17.5. The molecule has 0 unspecified atom stereocenters. The molecule has 144 valence electrons. The van der Waals surface area contributed by atoms with Gasteiger partial charge in [-0.2, -0.15) is 5.10 Å². The Labute approximate surface area is 158 Å². The van der Waals surface area contributed by atoms with Crippen molar-refractivity contribution in [3.63, 3.8) is 0 Å². The highest BCUT2D eigenvalue weighted by molar-refractivity contribution is 5.94. The monoisotopic (exact) mass is 370 g/mol. The van der Waals surface area contributed by atoms with Crippen molar-refractivity contribution in [2.45, 2.75) is 13.0 Å². The Bertz CT molecular complexity index is 831. The lowest BCUT2D eigenvalue weighted by molar-refractivity contribution is -0.118. The van der Waals surface area contributed by atoms with Crippen LogP contribution >= 0.6 is 0 Å². The van der Waals surface area contributed by atoms with Crippen LogP contribution in [-0.2, 0) is 11.8 Å². The second-order valence-electron chi connectivity index (χ2n) is 6.75. The smallest absolute Gasteiger partial charge is 0.251 e. The van der Waals surface area contributed by atoms with Crippen molar-refractivity contribution in [3.8, 4) is 0 Å². The third kappa shape index (κ3) is 4.53. The second-order valence-corrected chi connectivity index (χ2v) is 6.75. The summed E-state index contributed by atoms with van der Waals surface area (Å²) in [5.41, 5.74) is 3.17. The number of anilines is 1. The predicted molar refractivity (Wildman–Crippen MR) is 104 cm³/mol. The molecule has 2 amide bonds. The van der Waals surface area contributed by atoms with Gasteiger partial charge < -0.3 is 16.0 Å². The van der Waals surface area contributed by atoms with Crippen molar-refractivity contribution >= 4 is 17.5 Å². The fourth-order valence-corrected chi connectivity index (χ4v) is 3.39. The third-order valence-corrected chi connectivity index (χ3v) is 4.75. The van der Waals surface area contributed by atoms with E-state index < -0.39 is 0 Å². The van der Waals surface area contributed by atoms with Crippen LogP contribution in [0.3, 0.4) is 0 Å². The summed E-state index contributed by atoms with van der Waals surface area (Å²) < 4.78 is 1.68. The van der Waals surface area contributed by atoms with Gasteiger partial charge in [0.05, 0.1) is 17.9 Å². The molecule has 1 aromatic heterocycles. The largest absolute Gasteiger partial charge is 0.355 e. The molecule has 3 N–H and O–H groups in total. The fourth-order valence-electron chi connectivity index (χ4n) is 3.39. The lowest BCUT2D eigenvalue weighted by atomic mass is 10.0. The number of piperazine rings is 1. The van der Waals surface area contributed by atoms with E-state index >= 15 is 0 Å². The Morgan fingerprint density at radius 1 is 1.37 bits per heavy atom. The summed E-state index contributed by atoms with van der Waals surface area (Å²) in [5.74, 6) is -0.183. The Kier molecular flexibility index (Phi) is 5.88. The first-order valence-electron chi connectivity index (χ1n) is 9.05. The lowest BCUT2D eigenvalue weighted by Gasteiger charge is -2.36. The highest BCUT2D eigenvalue weighted by atomic mass is 16.2. The van der Waals surface area contributed by atoms with E-state index in [0.717, 1.165) is 36.6 Å². The van der Waals surface area contributed by atoms with Crippen LogP contribution in [0.1, 0.15) is 27.7 Å². The van der Waals surface area contributed by atoms with Crippen LogP contribution in [0.4, 0.5) is 5.69 Å². The summed E-state index contributed by atoms with van der Waals surface area (Å²) in [6, 6.07) is 7.60. The molecule has 8 nitrogen and oxygen atoms in total. The van der Waals surface area contributed by atoms with Crippen LogP contribution in [-0.4, -0.2) is 59.7 Å². The van der Waals surface area contributed by atoms with Gasteiger partial charge in [0.1, 0.15) is 0 Å². The topological polar surface area (TPSA) is 91.3 Å². The molecular weight excluding hydrogens is 344 g/mol. The summed E-state index contributed by atoms with van der Waals surface area (Å²) in [6.45, 7) is 4.47. The molecule has 3 rings (SSSR count). The van der Waals surface area contributed by atoms with Crippen LogP contribution in [0.25, 0.3) is 0 Å². The number of nitrogens with one attached hydrogen (secondary N) is 3. The number of amides is 2. The zero-order valence-electron chi connectivity index (χ0n) is 16.0. The minimum absolute atomic E-state index is 0.0316. The molecule has 1 saturated heterocycles. The fraction of sp³-hybridized carbons (Fsp3) is 0.421. The molecule has 27 heavy (non-hydrogen) atoms. The van der Waals surface area contributed by atoms with E-state index in [2.05, 4.69) is 25.9 Å². The second kappa shape index (κ2) is 8.32. The van der Waals surface area contributed by atoms with Gasteiger partial charge in [0.25, 0.3) is 5.91 Å². The first-order valence-corrected chi connectivity index (χ1v) is 9.05. The molecule has 0 saturated carbocycles. The summed E-state index contributed by atoms with van der Waals surface area (Å²) in [7, 11) is 3.45. The molecule has 1 aliphatic heterocycles. The molecule has 0 radical (unpaired) electrons.